The van der Waals surface area contributed by atoms with Crippen LogP contribution >= 0.6 is 0 Å². The Kier molecular flexibility index (Phi) is 6.43. The molecule has 0 radical (unpaired) electrons. The minimum Gasteiger partial charge on any atom is -0.355 e. The van der Waals surface area contributed by atoms with Crippen LogP contribution in [0, 0.1) is 26.6 Å². The van der Waals surface area contributed by atoms with E-state index in [1.165, 1.54) is 35.7 Å². The molecule has 0 bridgehead atoms. The van der Waals surface area contributed by atoms with E-state index in [4.69, 9.17) is 0 Å². The van der Waals surface area contributed by atoms with Crippen LogP contribution in [0.2, 0.25) is 0 Å². The molecule has 3 rings (SSSR count). The molecule has 0 atom stereocenters. The molecular formula is C24H25FN4O3. The van der Waals surface area contributed by atoms with Crippen LogP contribution in [-0.2, 0) is 11.8 Å². The van der Waals surface area contributed by atoms with Crippen molar-refractivity contribution in [1.82, 2.24) is 9.88 Å². The Hall–Kier alpha value is -3.94. The molecule has 0 fully saturated rings. The van der Waals surface area contributed by atoms with Crippen molar-refractivity contribution >= 4 is 35.2 Å². The maximum atomic E-state index is 14.6. The second kappa shape index (κ2) is 9.05. The lowest BCUT2D eigenvalue weighted by atomic mass is 10.1. The second-order valence-corrected chi connectivity index (χ2v) is 7.56. The third-order valence-electron chi connectivity index (χ3n) is 5.25. The molecule has 2 amide bonds. The van der Waals surface area contributed by atoms with E-state index in [9.17, 15) is 18.8 Å². The lowest BCUT2D eigenvalue weighted by Crippen LogP contribution is -2.33. The van der Waals surface area contributed by atoms with Crippen LogP contribution in [0.15, 0.2) is 47.3 Å². The van der Waals surface area contributed by atoms with Crippen LogP contribution in [0.4, 0.5) is 27.3 Å². The van der Waals surface area contributed by atoms with Crippen molar-refractivity contribution in [3.05, 3.63) is 80.9 Å². The monoisotopic (exact) mass is 436 g/mol. The first-order chi connectivity index (χ1) is 15.2. The van der Waals surface area contributed by atoms with Gasteiger partial charge >= 0.3 is 0 Å². The second-order valence-electron chi connectivity index (χ2n) is 7.56. The predicted octanol–water partition coefficient (Wildman–Crippen LogP) is 3.85. The Bertz CT molecular complexity index is 1270. The van der Waals surface area contributed by atoms with E-state index >= 15 is 0 Å². The largest absolute Gasteiger partial charge is 0.355 e. The summed E-state index contributed by atoms with van der Waals surface area (Å²) in [7, 11) is 2.93. The number of aryl methyl sites for hydroxylation is 2. The number of anilines is 4. The molecule has 32 heavy (non-hydrogen) atoms. The summed E-state index contributed by atoms with van der Waals surface area (Å²) in [5, 5.41) is 5.44. The van der Waals surface area contributed by atoms with Gasteiger partial charge in [0.05, 0.1) is 11.4 Å². The molecule has 2 aromatic carbocycles. The molecule has 0 aliphatic rings. The van der Waals surface area contributed by atoms with Gasteiger partial charge in [0.15, 0.2) is 0 Å². The Morgan fingerprint density at radius 3 is 2.38 bits per heavy atom. The van der Waals surface area contributed by atoms with Gasteiger partial charge in [-0.05, 0) is 56.2 Å². The fourth-order valence-corrected chi connectivity index (χ4v) is 3.58. The van der Waals surface area contributed by atoms with Gasteiger partial charge in [-0.25, -0.2) is 4.39 Å². The van der Waals surface area contributed by atoms with E-state index in [-0.39, 0.29) is 28.3 Å². The van der Waals surface area contributed by atoms with E-state index < -0.39 is 17.3 Å². The Morgan fingerprint density at radius 1 is 1.09 bits per heavy atom. The lowest BCUT2D eigenvalue weighted by Gasteiger charge is -2.26. The number of amides is 2. The van der Waals surface area contributed by atoms with Gasteiger partial charge in [-0.1, -0.05) is 18.2 Å². The highest BCUT2D eigenvalue weighted by Crippen LogP contribution is 2.35. The summed E-state index contributed by atoms with van der Waals surface area (Å²) in [6.45, 7) is 5.18. The molecule has 1 heterocycles. The minimum absolute atomic E-state index is 0.0423. The molecule has 1 aromatic heterocycles. The van der Waals surface area contributed by atoms with Crippen LogP contribution < -0.4 is 21.1 Å². The van der Waals surface area contributed by atoms with E-state index in [0.29, 0.717) is 12.1 Å². The maximum Gasteiger partial charge on any atom is 0.256 e. The first-order valence-electron chi connectivity index (χ1n) is 9.99. The third kappa shape index (κ3) is 4.12. The van der Waals surface area contributed by atoms with Crippen molar-refractivity contribution < 1.29 is 14.0 Å². The zero-order valence-corrected chi connectivity index (χ0v) is 18.6. The number of carbonyl (C=O) groups is 2. The molecule has 0 unspecified atom stereocenters. The van der Waals surface area contributed by atoms with Crippen molar-refractivity contribution in [2.24, 2.45) is 7.05 Å². The van der Waals surface area contributed by atoms with Crippen LogP contribution in [-0.4, -0.2) is 23.9 Å². The van der Waals surface area contributed by atoms with Gasteiger partial charge < -0.3 is 10.6 Å². The fraction of sp³-hybridized carbons (Fsp3) is 0.208. The quantitative estimate of drug-likeness (QED) is 0.575. The van der Waals surface area contributed by atoms with Gasteiger partial charge in [-0.2, -0.15) is 0 Å². The van der Waals surface area contributed by atoms with Crippen molar-refractivity contribution in [2.45, 2.75) is 20.8 Å². The summed E-state index contributed by atoms with van der Waals surface area (Å²) in [6, 6.07) is 11.7. The van der Waals surface area contributed by atoms with Crippen molar-refractivity contribution in [3.8, 4) is 0 Å². The van der Waals surface area contributed by atoms with Crippen LogP contribution in [0.3, 0.4) is 0 Å². The van der Waals surface area contributed by atoms with Gasteiger partial charge in [-0.3, -0.25) is 23.9 Å². The van der Waals surface area contributed by atoms with E-state index in [0.717, 1.165) is 11.1 Å². The maximum absolute atomic E-state index is 14.6. The molecule has 0 saturated heterocycles. The van der Waals surface area contributed by atoms with Gasteiger partial charge in [0.25, 0.3) is 11.5 Å². The average Bonchev–Trinajstić information content (AvgIpc) is 2.76. The number of rotatable bonds is 6. The van der Waals surface area contributed by atoms with Crippen LogP contribution in [0.5, 0.6) is 0 Å². The van der Waals surface area contributed by atoms with Crippen LogP contribution in [0.1, 0.15) is 27.0 Å². The van der Waals surface area contributed by atoms with E-state index in [1.807, 2.05) is 13.0 Å². The number of aromatic nitrogens is 1. The Labute approximate surface area is 185 Å². The number of halogens is 1. The molecule has 8 heteroatoms. The average molecular weight is 436 g/mol. The summed E-state index contributed by atoms with van der Waals surface area (Å²) in [6.07, 6.45) is 0.555. The number of nitrogens with zero attached hydrogens (tertiary/aromatic N) is 2. The summed E-state index contributed by atoms with van der Waals surface area (Å²) >= 11 is 0. The minimum atomic E-state index is -0.534. The van der Waals surface area contributed by atoms with Crippen molar-refractivity contribution in [3.63, 3.8) is 0 Å². The Morgan fingerprint density at radius 2 is 1.78 bits per heavy atom. The highest BCUT2D eigenvalue weighted by Gasteiger charge is 2.28. The van der Waals surface area contributed by atoms with Gasteiger partial charge in [-0.15, -0.1) is 0 Å². The van der Waals surface area contributed by atoms with Crippen molar-refractivity contribution in [2.75, 3.05) is 17.3 Å². The van der Waals surface area contributed by atoms with Crippen LogP contribution in [0.25, 0.3) is 0 Å². The number of carbonyl (C=O) groups excluding carboxylic acids is 2. The zero-order valence-electron chi connectivity index (χ0n) is 18.6. The molecule has 2 N–H and O–H groups in total. The summed E-state index contributed by atoms with van der Waals surface area (Å²) < 4.78 is 15.8. The molecule has 0 spiro atoms. The first-order valence-corrected chi connectivity index (χ1v) is 9.99. The van der Waals surface area contributed by atoms with Gasteiger partial charge in [0, 0.05) is 25.3 Å². The lowest BCUT2D eigenvalue weighted by molar-refractivity contribution is -0.106. The molecule has 0 saturated carbocycles. The molecule has 0 aliphatic heterocycles. The number of hydrogen-bond donors (Lipinski definition) is 2. The first kappa shape index (κ1) is 22.7. The SMILES string of the molecule is CNC(=O)c1c(N(C=O)c2cccc(C)c2)c(C)c(=O)n(C)c1Nc1ccc(C)cc1F. The fourth-order valence-electron chi connectivity index (χ4n) is 3.58. The summed E-state index contributed by atoms with van der Waals surface area (Å²) in [5.41, 5.74) is 2.16. The summed E-state index contributed by atoms with van der Waals surface area (Å²) in [4.78, 5) is 39.5. The molecule has 0 aliphatic carbocycles. The summed E-state index contributed by atoms with van der Waals surface area (Å²) in [5.74, 6) is -1.00. The van der Waals surface area contributed by atoms with Gasteiger partial charge in [0.2, 0.25) is 6.41 Å². The normalized spacial score (nSPS) is 10.6. The van der Waals surface area contributed by atoms with Gasteiger partial charge in [0.1, 0.15) is 17.2 Å². The predicted molar refractivity (Wildman–Crippen MR) is 124 cm³/mol. The third-order valence-corrected chi connectivity index (χ3v) is 5.25. The molecular weight excluding hydrogens is 411 g/mol. The van der Waals surface area contributed by atoms with E-state index in [1.54, 1.807) is 38.1 Å². The van der Waals surface area contributed by atoms with E-state index in [2.05, 4.69) is 10.6 Å². The highest BCUT2D eigenvalue weighted by atomic mass is 19.1. The molecule has 166 valence electrons. The number of nitrogens with one attached hydrogen (secondary N) is 2. The standard InChI is InChI=1S/C24H25FN4O3/c1-14-7-6-8-17(11-14)29(13-30)21-16(3)24(32)28(5)22(20(21)23(31)26-4)27-19-10-9-15(2)12-18(19)25/h6-13,27H,1-5H3,(H,26,31). The molecule has 3 aromatic rings. The van der Waals surface area contributed by atoms with Crippen molar-refractivity contribution in [1.29, 1.82) is 0 Å². The smallest absolute Gasteiger partial charge is 0.256 e. The topological polar surface area (TPSA) is 83.4 Å². The zero-order chi connectivity index (χ0) is 23.6. The molecule has 7 nitrogen and oxygen atoms in total. The highest BCUT2D eigenvalue weighted by molar-refractivity contribution is 6.08. The number of hydrogen-bond acceptors (Lipinski definition) is 4. The number of pyridine rings is 1. The Balaban J connectivity index is 2.35. The number of benzene rings is 2.